The Labute approximate surface area is 173 Å². The van der Waals surface area contributed by atoms with Crippen molar-refractivity contribution in [1.82, 2.24) is 0 Å². The number of hydrogen-bond donors (Lipinski definition) is 2. The molecular weight excluding hydrogens is 370 g/mol. The predicted molar refractivity (Wildman–Crippen MR) is 120 cm³/mol. The summed E-state index contributed by atoms with van der Waals surface area (Å²) in [6.45, 7) is 4.32. The maximum Gasteiger partial charge on any atom is 0.147 e. The molecule has 0 aliphatic carbocycles. The molecule has 0 bridgehead atoms. The molecule has 0 amide bonds. The van der Waals surface area contributed by atoms with Crippen LogP contribution in [0.5, 0.6) is 5.75 Å². The average molecular weight is 404 g/mol. The predicted octanol–water partition coefficient (Wildman–Crippen LogP) is 4.24. The number of aryl methyl sites for hydroxylation is 1. The van der Waals surface area contributed by atoms with E-state index in [1.165, 1.54) is 16.8 Å². The standard InChI is InChI=1S/C23H33NO3S/c1-5-21(16-26)28-23(12-13-25)27-22-11-6-17(2)14-19(22)15-18-7-9-20(10-8-18)24(3)4/h6-11,14,21,23,25-26H,5,12-13,15-16H2,1-4H3. The highest BCUT2D eigenvalue weighted by atomic mass is 32.2. The third kappa shape index (κ3) is 6.73. The van der Waals surface area contributed by atoms with Crippen molar-refractivity contribution in [3.05, 3.63) is 59.2 Å². The van der Waals surface area contributed by atoms with Crippen molar-refractivity contribution >= 4 is 17.4 Å². The van der Waals surface area contributed by atoms with Gasteiger partial charge in [0.25, 0.3) is 0 Å². The fraction of sp³-hybridized carbons (Fsp3) is 0.478. The number of rotatable bonds is 11. The van der Waals surface area contributed by atoms with Crippen molar-refractivity contribution in [1.29, 1.82) is 0 Å². The van der Waals surface area contributed by atoms with Crippen LogP contribution in [0.3, 0.4) is 0 Å². The van der Waals surface area contributed by atoms with Crippen LogP contribution in [-0.2, 0) is 6.42 Å². The van der Waals surface area contributed by atoms with Crippen molar-refractivity contribution in [2.45, 2.75) is 43.8 Å². The van der Waals surface area contributed by atoms with Crippen LogP contribution in [0.15, 0.2) is 42.5 Å². The van der Waals surface area contributed by atoms with Gasteiger partial charge in [-0.15, -0.1) is 11.8 Å². The van der Waals surface area contributed by atoms with E-state index < -0.39 is 0 Å². The highest BCUT2D eigenvalue weighted by Crippen LogP contribution is 2.30. The molecule has 0 saturated heterocycles. The molecule has 0 heterocycles. The van der Waals surface area contributed by atoms with Crippen LogP contribution < -0.4 is 9.64 Å². The molecule has 5 heteroatoms. The van der Waals surface area contributed by atoms with Crippen LogP contribution in [0.25, 0.3) is 0 Å². The topological polar surface area (TPSA) is 52.9 Å². The maximum absolute atomic E-state index is 9.51. The van der Waals surface area contributed by atoms with Gasteiger partial charge in [0.2, 0.25) is 0 Å². The van der Waals surface area contributed by atoms with Crippen molar-refractivity contribution in [3.8, 4) is 5.75 Å². The van der Waals surface area contributed by atoms with E-state index in [1.54, 1.807) is 11.8 Å². The summed E-state index contributed by atoms with van der Waals surface area (Å²) in [4.78, 5) is 2.09. The Balaban J connectivity index is 2.19. The quantitative estimate of drug-likeness (QED) is 0.550. The zero-order valence-corrected chi connectivity index (χ0v) is 18.2. The molecule has 4 nitrogen and oxygen atoms in total. The van der Waals surface area contributed by atoms with E-state index in [9.17, 15) is 10.2 Å². The Kier molecular flexibility index (Phi) is 9.16. The number of anilines is 1. The minimum atomic E-state index is -0.181. The number of nitrogens with zero attached hydrogens (tertiary/aromatic N) is 1. The molecule has 154 valence electrons. The lowest BCUT2D eigenvalue weighted by atomic mass is 10.0. The molecule has 2 rings (SSSR count). The molecule has 28 heavy (non-hydrogen) atoms. The van der Waals surface area contributed by atoms with E-state index in [1.807, 2.05) is 20.2 Å². The summed E-state index contributed by atoms with van der Waals surface area (Å²) in [5.41, 5.74) is 4.56. The molecule has 0 aliphatic heterocycles. The van der Waals surface area contributed by atoms with Gasteiger partial charge in [-0.3, -0.25) is 0 Å². The smallest absolute Gasteiger partial charge is 0.147 e. The molecule has 0 aromatic heterocycles. The second kappa shape index (κ2) is 11.3. The fourth-order valence-electron chi connectivity index (χ4n) is 2.98. The molecule has 0 spiro atoms. The van der Waals surface area contributed by atoms with E-state index in [0.717, 1.165) is 24.2 Å². The van der Waals surface area contributed by atoms with Gasteiger partial charge < -0.3 is 19.8 Å². The molecule has 2 atom stereocenters. The third-order valence-electron chi connectivity index (χ3n) is 4.69. The number of ether oxygens (including phenoxy) is 1. The van der Waals surface area contributed by atoms with E-state index in [0.29, 0.717) is 6.42 Å². The Bertz CT molecular complexity index is 714. The normalized spacial score (nSPS) is 13.2. The van der Waals surface area contributed by atoms with Gasteiger partial charge >= 0.3 is 0 Å². The monoisotopic (exact) mass is 403 g/mol. The molecule has 2 aromatic carbocycles. The molecule has 0 fully saturated rings. The Morgan fingerprint density at radius 3 is 2.36 bits per heavy atom. The molecular formula is C23H33NO3S. The van der Waals surface area contributed by atoms with Crippen molar-refractivity contribution in [2.24, 2.45) is 0 Å². The lowest BCUT2D eigenvalue weighted by molar-refractivity contribution is 0.211. The summed E-state index contributed by atoms with van der Waals surface area (Å²) < 4.78 is 6.29. The third-order valence-corrected chi connectivity index (χ3v) is 6.19. The van der Waals surface area contributed by atoms with Gasteiger partial charge in [0.05, 0.1) is 6.61 Å². The van der Waals surface area contributed by atoms with E-state index in [-0.39, 0.29) is 23.9 Å². The zero-order chi connectivity index (χ0) is 20.5. The maximum atomic E-state index is 9.51. The Morgan fingerprint density at radius 1 is 1.07 bits per heavy atom. The van der Waals surface area contributed by atoms with E-state index in [4.69, 9.17) is 4.74 Å². The second-order valence-electron chi connectivity index (χ2n) is 7.26. The minimum Gasteiger partial charge on any atom is -0.479 e. The van der Waals surface area contributed by atoms with Gasteiger partial charge in [0, 0.05) is 44.5 Å². The lowest BCUT2D eigenvalue weighted by Crippen LogP contribution is -2.21. The van der Waals surface area contributed by atoms with Crippen molar-refractivity contribution in [2.75, 3.05) is 32.2 Å². The molecule has 2 N–H and O–H groups in total. The van der Waals surface area contributed by atoms with Gasteiger partial charge in [-0.2, -0.15) is 0 Å². The summed E-state index contributed by atoms with van der Waals surface area (Å²) in [5, 5.41) is 19.1. The minimum absolute atomic E-state index is 0.0622. The number of thioether (sulfide) groups is 1. The van der Waals surface area contributed by atoms with Gasteiger partial charge in [0.1, 0.15) is 11.2 Å². The van der Waals surface area contributed by atoms with Crippen LogP contribution in [-0.4, -0.2) is 48.2 Å². The van der Waals surface area contributed by atoms with E-state index >= 15 is 0 Å². The molecule has 2 aromatic rings. The van der Waals surface area contributed by atoms with Gasteiger partial charge in [0.15, 0.2) is 0 Å². The van der Waals surface area contributed by atoms with Crippen molar-refractivity contribution in [3.63, 3.8) is 0 Å². The SMILES string of the molecule is CCC(CO)SC(CCO)Oc1ccc(C)cc1Cc1ccc(N(C)C)cc1. The van der Waals surface area contributed by atoms with Crippen LogP contribution in [0, 0.1) is 6.92 Å². The molecule has 0 radical (unpaired) electrons. The fourth-order valence-corrected chi connectivity index (χ4v) is 4.09. The number of aliphatic hydroxyl groups excluding tert-OH is 2. The molecule has 2 unspecified atom stereocenters. The lowest BCUT2D eigenvalue weighted by Gasteiger charge is -2.23. The van der Waals surface area contributed by atoms with Crippen molar-refractivity contribution < 1.29 is 14.9 Å². The summed E-state index contributed by atoms with van der Waals surface area (Å²) in [6.07, 6.45) is 2.19. The second-order valence-corrected chi connectivity index (χ2v) is 8.72. The zero-order valence-electron chi connectivity index (χ0n) is 17.4. The van der Waals surface area contributed by atoms with Crippen LogP contribution >= 0.6 is 11.8 Å². The number of hydrogen-bond acceptors (Lipinski definition) is 5. The first-order valence-electron chi connectivity index (χ1n) is 9.86. The first-order chi connectivity index (χ1) is 13.5. The number of benzene rings is 2. The molecule has 0 saturated carbocycles. The summed E-state index contributed by atoms with van der Waals surface area (Å²) >= 11 is 1.60. The van der Waals surface area contributed by atoms with Gasteiger partial charge in [-0.05, 0) is 42.7 Å². The summed E-state index contributed by atoms with van der Waals surface area (Å²) in [5.74, 6) is 0.848. The average Bonchev–Trinajstić information content (AvgIpc) is 2.68. The Morgan fingerprint density at radius 2 is 1.79 bits per heavy atom. The highest BCUT2D eigenvalue weighted by Gasteiger charge is 2.18. The summed E-state index contributed by atoms with van der Waals surface area (Å²) in [7, 11) is 4.08. The number of aliphatic hydroxyl groups is 2. The van der Waals surface area contributed by atoms with Gasteiger partial charge in [-0.1, -0.05) is 36.8 Å². The first-order valence-corrected chi connectivity index (χ1v) is 10.8. The van der Waals surface area contributed by atoms with Crippen LogP contribution in [0.1, 0.15) is 36.5 Å². The summed E-state index contributed by atoms with van der Waals surface area (Å²) in [6, 6.07) is 14.8. The van der Waals surface area contributed by atoms with Gasteiger partial charge in [-0.25, -0.2) is 0 Å². The van der Waals surface area contributed by atoms with Crippen LogP contribution in [0.2, 0.25) is 0 Å². The van der Waals surface area contributed by atoms with Crippen LogP contribution in [0.4, 0.5) is 5.69 Å². The highest BCUT2D eigenvalue weighted by molar-refractivity contribution is 8.00. The largest absolute Gasteiger partial charge is 0.479 e. The van der Waals surface area contributed by atoms with E-state index in [2.05, 4.69) is 55.1 Å². The first kappa shape index (κ1) is 22.6. The Hall–Kier alpha value is -1.69. The molecule has 0 aliphatic rings.